The molecule has 0 heterocycles. The Morgan fingerprint density at radius 1 is 0.850 bits per heavy atom. The van der Waals surface area contributed by atoms with E-state index < -0.39 is 37.3 Å². The smallest absolute Gasteiger partial charge is 0.134 e. The second kappa shape index (κ2) is 8.28. The second-order valence-corrected chi connectivity index (χ2v) is 4.53. The largest absolute Gasteiger partial charge is 0.394 e. The fourth-order valence-corrected chi connectivity index (χ4v) is 1.66. The highest BCUT2D eigenvalue weighted by molar-refractivity contribution is 5.14. The normalized spacial score (nSPS) is 19.1. The van der Waals surface area contributed by atoms with Gasteiger partial charge in [0.15, 0.2) is 0 Å². The zero-order valence-electron chi connectivity index (χ0n) is 10.9. The average molecular weight is 287 g/mol. The van der Waals surface area contributed by atoms with Crippen molar-refractivity contribution in [2.24, 2.45) is 0 Å². The topological polar surface area (TPSA) is 133 Å². The third-order valence-corrected chi connectivity index (χ3v) is 2.96. The van der Waals surface area contributed by atoms with Gasteiger partial charge < -0.3 is 30.6 Å². The van der Waals surface area contributed by atoms with Crippen molar-refractivity contribution in [3.63, 3.8) is 0 Å². The van der Waals surface area contributed by atoms with Gasteiger partial charge in [-0.1, -0.05) is 30.3 Å². The van der Waals surface area contributed by atoms with Crippen molar-refractivity contribution in [1.29, 1.82) is 0 Å². The van der Waals surface area contributed by atoms with Crippen LogP contribution >= 0.6 is 0 Å². The van der Waals surface area contributed by atoms with Gasteiger partial charge in [-0.3, -0.25) is 5.32 Å². The van der Waals surface area contributed by atoms with Gasteiger partial charge in [0.2, 0.25) is 0 Å². The van der Waals surface area contributed by atoms with Crippen LogP contribution in [0.1, 0.15) is 5.56 Å². The average Bonchev–Trinajstić information content (AvgIpc) is 2.50. The number of nitrogens with one attached hydrogen (secondary N) is 1. The molecule has 0 fully saturated rings. The molecule has 7 nitrogen and oxygen atoms in total. The molecule has 5 atom stereocenters. The summed E-state index contributed by atoms with van der Waals surface area (Å²) < 4.78 is 0. The molecule has 0 aromatic heterocycles. The Kier molecular flexibility index (Phi) is 7.03. The third-order valence-electron chi connectivity index (χ3n) is 2.96. The number of benzene rings is 1. The Hall–Kier alpha value is -1.06. The molecule has 1 aromatic carbocycles. The summed E-state index contributed by atoms with van der Waals surface area (Å²) in [5, 5.41) is 58.7. The van der Waals surface area contributed by atoms with Crippen LogP contribution in [0.3, 0.4) is 0 Å². The molecule has 1 unspecified atom stereocenters. The molecule has 0 amide bonds. The fraction of sp³-hybridized carbons (Fsp3) is 0.538. The van der Waals surface area contributed by atoms with E-state index in [1.165, 1.54) is 0 Å². The predicted octanol–water partition coefficient (Wildman–Crippen LogP) is -2.47. The number of aliphatic hydroxyl groups excluding tert-OH is 6. The zero-order chi connectivity index (χ0) is 15.1. The van der Waals surface area contributed by atoms with Gasteiger partial charge >= 0.3 is 0 Å². The van der Waals surface area contributed by atoms with Crippen LogP contribution in [-0.4, -0.2) is 67.9 Å². The Labute approximate surface area is 116 Å². The molecule has 114 valence electrons. The first kappa shape index (κ1) is 17.0. The van der Waals surface area contributed by atoms with Gasteiger partial charge in [0, 0.05) is 6.54 Å². The van der Waals surface area contributed by atoms with Gasteiger partial charge in [-0.05, 0) is 5.56 Å². The maximum absolute atomic E-state index is 9.68. The zero-order valence-corrected chi connectivity index (χ0v) is 10.9. The molecular weight excluding hydrogens is 266 g/mol. The van der Waals surface area contributed by atoms with Crippen LogP contribution in [0.5, 0.6) is 0 Å². The van der Waals surface area contributed by atoms with Crippen LogP contribution in [-0.2, 0) is 6.54 Å². The number of hydrogen-bond donors (Lipinski definition) is 7. The van der Waals surface area contributed by atoms with Crippen molar-refractivity contribution >= 4 is 0 Å². The van der Waals surface area contributed by atoms with Crippen LogP contribution in [0.25, 0.3) is 0 Å². The number of hydrogen-bond acceptors (Lipinski definition) is 7. The predicted molar refractivity (Wildman–Crippen MR) is 70.4 cm³/mol. The quantitative estimate of drug-likeness (QED) is 0.263. The lowest BCUT2D eigenvalue weighted by Gasteiger charge is -2.28. The first-order valence-corrected chi connectivity index (χ1v) is 6.26. The van der Waals surface area contributed by atoms with Crippen molar-refractivity contribution in [2.45, 2.75) is 37.2 Å². The lowest BCUT2D eigenvalue weighted by molar-refractivity contribution is -0.145. The summed E-state index contributed by atoms with van der Waals surface area (Å²) in [5.74, 6) is 0. The first-order valence-electron chi connectivity index (χ1n) is 6.26. The minimum Gasteiger partial charge on any atom is -0.394 e. The molecule has 0 aliphatic carbocycles. The van der Waals surface area contributed by atoms with Crippen molar-refractivity contribution in [3.05, 3.63) is 35.9 Å². The van der Waals surface area contributed by atoms with Crippen LogP contribution in [0.2, 0.25) is 0 Å². The van der Waals surface area contributed by atoms with E-state index in [4.69, 9.17) is 10.2 Å². The van der Waals surface area contributed by atoms with Crippen molar-refractivity contribution in [2.75, 3.05) is 6.61 Å². The van der Waals surface area contributed by atoms with Crippen LogP contribution in [0.15, 0.2) is 30.3 Å². The van der Waals surface area contributed by atoms with Crippen LogP contribution in [0, 0.1) is 0 Å². The Morgan fingerprint density at radius 2 is 1.45 bits per heavy atom. The number of rotatable bonds is 8. The maximum atomic E-state index is 9.68. The molecule has 20 heavy (non-hydrogen) atoms. The highest BCUT2D eigenvalue weighted by Crippen LogP contribution is 2.08. The molecule has 7 heteroatoms. The Balaban J connectivity index is 2.47. The highest BCUT2D eigenvalue weighted by atomic mass is 16.4. The van der Waals surface area contributed by atoms with E-state index in [-0.39, 0.29) is 6.54 Å². The van der Waals surface area contributed by atoms with E-state index in [1.54, 1.807) is 0 Å². The molecule has 0 spiro atoms. The van der Waals surface area contributed by atoms with E-state index >= 15 is 0 Å². The second-order valence-electron chi connectivity index (χ2n) is 4.53. The fourth-order valence-electron chi connectivity index (χ4n) is 1.66. The van der Waals surface area contributed by atoms with Gasteiger partial charge in [0.25, 0.3) is 0 Å². The molecule has 1 rings (SSSR count). The van der Waals surface area contributed by atoms with Gasteiger partial charge in [-0.25, -0.2) is 0 Å². The van der Waals surface area contributed by atoms with E-state index in [0.29, 0.717) is 0 Å². The Bertz CT molecular complexity index is 376. The van der Waals surface area contributed by atoms with Crippen molar-refractivity contribution < 1.29 is 30.6 Å². The summed E-state index contributed by atoms with van der Waals surface area (Å²) in [4.78, 5) is 0. The number of aliphatic hydroxyl groups is 6. The van der Waals surface area contributed by atoms with Gasteiger partial charge in [0.1, 0.15) is 30.6 Å². The molecule has 0 bridgehead atoms. The lowest BCUT2D eigenvalue weighted by Crippen LogP contribution is -2.53. The minimum absolute atomic E-state index is 0.254. The molecule has 0 aliphatic rings. The molecule has 1 aromatic rings. The minimum atomic E-state index is -1.80. The summed E-state index contributed by atoms with van der Waals surface area (Å²) in [6.45, 7) is -0.511. The molecule has 0 radical (unpaired) electrons. The van der Waals surface area contributed by atoms with Crippen LogP contribution < -0.4 is 5.32 Å². The van der Waals surface area contributed by atoms with E-state index in [2.05, 4.69) is 5.32 Å². The molecule has 0 saturated heterocycles. The highest BCUT2D eigenvalue weighted by Gasteiger charge is 2.33. The summed E-state index contributed by atoms with van der Waals surface area (Å²) in [5.41, 5.74) is 0.865. The van der Waals surface area contributed by atoms with Gasteiger partial charge in [-0.15, -0.1) is 0 Å². The Morgan fingerprint density at radius 3 is 2.00 bits per heavy atom. The molecule has 0 aliphatic heterocycles. The third kappa shape index (κ3) is 4.80. The van der Waals surface area contributed by atoms with E-state index in [9.17, 15) is 20.4 Å². The summed E-state index contributed by atoms with van der Waals surface area (Å²) >= 11 is 0. The SMILES string of the molecule is OC[C@@H](O)[C@@H](O)[C@H](O)[C@H](O)C(O)NCc1ccccc1. The molecule has 0 saturated carbocycles. The van der Waals surface area contributed by atoms with Crippen molar-refractivity contribution in [1.82, 2.24) is 5.32 Å². The lowest BCUT2D eigenvalue weighted by atomic mass is 10.0. The standard InChI is InChI=1S/C13H21NO6/c15-7-9(16)10(17)11(18)12(19)13(20)14-6-8-4-2-1-3-5-8/h1-5,9-20H,6-7H2/t9-,10-,11+,12+,13?/m1/s1. The summed E-state index contributed by atoms with van der Waals surface area (Å²) in [7, 11) is 0. The first-order chi connectivity index (χ1) is 9.47. The molecule has 7 N–H and O–H groups in total. The van der Waals surface area contributed by atoms with E-state index in [0.717, 1.165) is 5.56 Å². The summed E-state index contributed by atoms with van der Waals surface area (Å²) in [6, 6.07) is 9.09. The van der Waals surface area contributed by atoms with Crippen LogP contribution in [0.4, 0.5) is 0 Å². The van der Waals surface area contributed by atoms with E-state index in [1.807, 2.05) is 30.3 Å². The maximum Gasteiger partial charge on any atom is 0.134 e. The van der Waals surface area contributed by atoms with Gasteiger partial charge in [-0.2, -0.15) is 0 Å². The monoisotopic (exact) mass is 287 g/mol. The van der Waals surface area contributed by atoms with Crippen molar-refractivity contribution in [3.8, 4) is 0 Å². The summed E-state index contributed by atoms with van der Waals surface area (Å²) in [6.07, 6.45) is -8.36. The van der Waals surface area contributed by atoms with Gasteiger partial charge in [0.05, 0.1) is 6.61 Å². The molecular formula is C13H21NO6.